The summed E-state index contributed by atoms with van der Waals surface area (Å²) in [5.74, 6) is 0.638. The summed E-state index contributed by atoms with van der Waals surface area (Å²) in [7, 11) is 0. The molecule has 0 aliphatic heterocycles. The Kier molecular flexibility index (Phi) is 4.22. The first-order valence-electron chi connectivity index (χ1n) is 7.61. The fourth-order valence-electron chi connectivity index (χ4n) is 2.51. The van der Waals surface area contributed by atoms with E-state index in [9.17, 15) is 0 Å². The molecule has 2 aromatic heterocycles. The third-order valence-corrected chi connectivity index (χ3v) is 4.06. The van der Waals surface area contributed by atoms with Gasteiger partial charge in [0.05, 0.1) is 6.21 Å². The Morgan fingerprint density at radius 3 is 2.64 bits per heavy atom. The van der Waals surface area contributed by atoms with Gasteiger partial charge in [0.1, 0.15) is 6.33 Å². The number of hydrogen-bond donors (Lipinski definition) is 1. The number of benzene rings is 2. The molecule has 0 amide bonds. The van der Waals surface area contributed by atoms with Gasteiger partial charge in [0, 0.05) is 15.3 Å². The molecular weight excluding hydrogens is 380 g/mol. The third kappa shape index (κ3) is 3.27. The molecule has 122 valence electrons. The van der Waals surface area contributed by atoms with Crippen molar-refractivity contribution in [3.8, 4) is 0 Å². The van der Waals surface area contributed by atoms with E-state index in [2.05, 4.69) is 41.8 Å². The summed E-state index contributed by atoms with van der Waals surface area (Å²) in [6, 6.07) is 17.9. The van der Waals surface area contributed by atoms with Crippen molar-refractivity contribution in [3.05, 3.63) is 71.0 Å². The van der Waals surface area contributed by atoms with Crippen LogP contribution < -0.4 is 5.43 Å². The largest absolute Gasteiger partial charge is 0.259 e. The molecule has 25 heavy (non-hydrogen) atoms. The van der Waals surface area contributed by atoms with Crippen LogP contribution >= 0.6 is 15.9 Å². The van der Waals surface area contributed by atoms with E-state index >= 15 is 0 Å². The van der Waals surface area contributed by atoms with E-state index in [0.717, 1.165) is 26.5 Å². The van der Waals surface area contributed by atoms with Gasteiger partial charge >= 0.3 is 0 Å². The minimum atomic E-state index is 0.638. The number of hydrazone groups is 1. The second-order valence-electron chi connectivity index (χ2n) is 5.30. The van der Waals surface area contributed by atoms with Crippen LogP contribution in [0.4, 0.5) is 5.82 Å². The smallest absolute Gasteiger partial charge is 0.185 e. The average molecular weight is 393 g/mol. The summed E-state index contributed by atoms with van der Waals surface area (Å²) in [5.41, 5.74) is 4.81. The zero-order valence-corrected chi connectivity index (χ0v) is 14.6. The van der Waals surface area contributed by atoms with Crippen molar-refractivity contribution in [1.82, 2.24) is 19.8 Å². The topological polar surface area (TPSA) is 67.5 Å². The van der Waals surface area contributed by atoms with Crippen LogP contribution in [0.5, 0.6) is 0 Å². The number of rotatable bonds is 4. The molecule has 0 bridgehead atoms. The Bertz CT molecular complexity index is 1080. The van der Waals surface area contributed by atoms with Gasteiger partial charge in [-0.05, 0) is 27.6 Å². The first kappa shape index (κ1) is 15.5. The summed E-state index contributed by atoms with van der Waals surface area (Å²) < 4.78 is 2.48. The lowest BCUT2D eigenvalue weighted by Gasteiger charge is -2.05. The first-order chi connectivity index (χ1) is 12.3. The molecule has 0 saturated carbocycles. The van der Waals surface area contributed by atoms with Gasteiger partial charge in [-0.15, -0.1) is 15.3 Å². The van der Waals surface area contributed by atoms with Crippen molar-refractivity contribution in [2.24, 2.45) is 5.10 Å². The fourth-order valence-corrected chi connectivity index (χ4v) is 2.88. The van der Waals surface area contributed by atoms with Crippen LogP contribution in [0.25, 0.3) is 22.5 Å². The Hall–Kier alpha value is -3.06. The number of fused-ring (bicyclic) bond motifs is 3. The lowest BCUT2D eigenvalue weighted by molar-refractivity contribution is 0.934. The number of hydrogen-bond acceptors (Lipinski definition) is 5. The van der Waals surface area contributed by atoms with Gasteiger partial charge in [-0.25, -0.2) is 0 Å². The molecule has 0 aliphatic carbocycles. The molecule has 7 heteroatoms. The number of halogens is 1. The Balaban J connectivity index is 1.63. The van der Waals surface area contributed by atoms with Gasteiger partial charge in [-0.1, -0.05) is 54.6 Å². The first-order valence-corrected chi connectivity index (χ1v) is 8.41. The van der Waals surface area contributed by atoms with Gasteiger partial charge in [-0.3, -0.25) is 5.43 Å². The SMILES string of the molecule is Br/C(C=NNc1nn2cnnc2c2ccccc12)=C/c1ccccc1. The number of nitrogens with zero attached hydrogens (tertiary/aromatic N) is 5. The van der Waals surface area contributed by atoms with Gasteiger partial charge in [-0.2, -0.15) is 9.62 Å². The molecule has 1 N–H and O–H groups in total. The van der Waals surface area contributed by atoms with Crippen LogP contribution in [0.1, 0.15) is 5.56 Å². The second-order valence-corrected chi connectivity index (χ2v) is 6.22. The predicted octanol–water partition coefficient (Wildman–Crippen LogP) is 4.11. The van der Waals surface area contributed by atoms with Crippen LogP contribution in [0, 0.1) is 0 Å². The predicted molar refractivity (Wildman–Crippen MR) is 104 cm³/mol. The molecule has 0 radical (unpaired) electrons. The van der Waals surface area contributed by atoms with E-state index in [1.165, 1.54) is 0 Å². The minimum absolute atomic E-state index is 0.638. The normalized spacial score (nSPS) is 12.3. The molecule has 0 fully saturated rings. The number of allylic oxidation sites excluding steroid dienone is 1. The van der Waals surface area contributed by atoms with Crippen LogP contribution in [-0.4, -0.2) is 26.0 Å². The van der Waals surface area contributed by atoms with E-state index in [0.29, 0.717) is 5.82 Å². The zero-order valence-electron chi connectivity index (χ0n) is 13.0. The summed E-state index contributed by atoms with van der Waals surface area (Å²) >= 11 is 3.50. The molecule has 2 aromatic carbocycles. The maximum absolute atomic E-state index is 4.48. The third-order valence-electron chi connectivity index (χ3n) is 3.62. The van der Waals surface area contributed by atoms with Crippen molar-refractivity contribution in [1.29, 1.82) is 0 Å². The fraction of sp³-hybridized carbons (Fsp3) is 0. The highest BCUT2D eigenvalue weighted by molar-refractivity contribution is 9.12. The lowest BCUT2D eigenvalue weighted by atomic mass is 10.2. The average Bonchev–Trinajstić information content (AvgIpc) is 3.11. The van der Waals surface area contributed by atoms with E-state index < -0.39 is 0 Å². The van der Waals surface area contributed by atoms with E-state index in [1.54, 1.807) is 17.1 Å². The second kappa shape index (κ2) is 6.82. The summed E-state index contributed by atoms with van der Waals surface area (Å²) in [5, 5.41) is 18.7. The van der Waals surface area contributed by atoms with E-state index in [-0.39, 0.29) is 0 Å². The van der Waals surface area contributed by atoms with Gasteiger partial charge in [0.2, 0.25) is 0 Å². The molecule has 4 rings (SSSR count). The van der Waals surface area contributed by atoms with Crippen LogP contribution in [0.3, 0.4) is 0 Å². The molecule has 0 saturated heterocycles. The lowest BCUT2D eigenvalue weighted by Crippen LogP contribution is -2.00. The van der Waals surface area contributed by atoms with E-state index in [4.69, 9.17) is 0 Å². The number of aromatic nitrogens is 4. The van der Waals surface area contributed by atoms with Crippen LogP contribution in [0.15, 0.2) is 70.5 Å². The summed E-state index contributed by atoms with van der Waals surface area (Å²) in [6.07, 6.45) is 5.25. The maximum atomic E-state index is 4.48. The highest BCUT2D eigenvalue weighted by Crippen LogP contribution is 2.23. The maximum Gasteiger partial charge on any atom is 0.185 e. The van der Waals surface area contributed by atoms with Gasteiger partial charge < -0.3 is 0 Å². The van der Waals surface area contributed by atoms with E-state index in [1.807, 2.05) is 60.7 Å². The quantitative estimate of drug-likeness (QED) is 0.419. The molecule has 4 aromatic rings. The number of anilines is 1. The molecule has 0 aliphatic rings. The highest BCUT2D eigenvalue weighted by atomic mass is 79.9. The monoisotopic (exact) mass is 392 g/mol. The van der Waals surface area contributed by atoms with Crippen molar-refractivity contribution in [3.63, 3.8) is 0 Å². The minimum Gasteiger partial charge on any atom is -0.259 e. The highest BCUT2D eigenvalue weighted by Gasteiger charge is 2.08. The van der Waals surface area contributed by atoms with Crippen molar-refractivity contribution < 1.29 is 0 Å². The van der Waals surface area contributed by atoms with Crippen molar-refractivity contribution >= 4 is 50.5 Å². The van der Waals surface area contributed by atoms with Crippen molar-refractivity contribution in [2.45, 2.75) is 0 Å². The summed E-state index contributed by atoms with van der Waals surface area (Å²) in [6.45, 7) is 0. The Morgan fingerprint density at radius 1 is 1.04 bits per heavy atom. The molecule has 6 nitrogen and oxygen atoms in total. The standard InChI is InChI=1S/C18H13BrN6/c19-14(10-13-6-2-1-3-7-13)11-20-22-17-15-8-4-5-9-16(15)18-23-21-12-25(18)24-17/h1-12H,(H,22,24)/b14-10+,20-11?. The number of nitrogens with one attached hydrogen (secondary N) is 1. The Morgan fingerprint density at radius 2 is 1.80 bits per heavy atom. The molecule has 0 atom stereocenters. The molecule has 0 unspecified atom stereocenters. The summed E-state index contributed by atoms with van der Waals surface area (Å²) in [4.78, 5) is 0. The molecule has 0 spiro atoms. The van der Waals surface area contributed by atoms with Crippen LogP contribution in [-0.2, 0) is 0 Å². The zero-order chi connectivity index (χ0) is 17.1. The Labute approximate surface area is 152 Å². The van der Waals surface area contributed by atoms with Crippen molar-refractivity contribution in [2.75, 3.05) is 5.43 Å². The van der Waals surface area contributed by atoms with Gasteiger partial charge in [0.25, 0.3) is 0 Å². The van der Waals surface area contributed by atoms with Crippen LogP contribution in [0.2, 0.25) is 0 Å². The molecule has 2 heterocycles. The molecular formula is C18H13BrN6. The van der Waals surface area contributed by atoms with Gasteiger partial charge in [0.15, 0.2) is 11.5 Å².